The average molecular weight is 349 g/mol. The van der Waals surface area contributed by atoms with Crippen molar-refractivity contribution >= 4 is 6.29 Å². The lowest BCUT2D eigenvalue weighted by Crippen LogP contribution is -2.70. The highest BCUT2D eigenvalue weighted by Gasteiger charge is 2.59. The number of hydrogen-bond acceptors (Lipinski definition) is 6. The van der Waals surface area contributed by atoms with Gasteiger partial charge < -0.3 is 23.7 Å². The maximum Gasteiger partial charge on any atom is 0.220 e. The summed E-state index contributed by atoms with van der Waals surface area (Å²) in [7, 11) is 3.13. The fourth-order valence-electron chi connectivity index (χ4n) is 3.70. The van der Waals surface area contributed by atoms with Crippen LogP contribution in [0.2, 0.25) is 0 Å². The zero-order valence-corrected chi connectivity index (χ0v) is 15.3. The fourth-order valence-corrected chi connectivity index (χ4v) is 3.70. The van der Waals surface area contributed by atoms with Gasteiger partial charge in [-0.3, -0.25) is 4.90 Å². The zero-order valence-electron chi connectivity index (χ0n) is 15.3. The van der Waals surface area contributed by atoms with Gasteiger partial charge in [-0.05, 0) is 19.4 Å². The number of rotatable bonds is 5. The first-order valence-corrected chi connectivity index (χ1v) is 8.62. The summed E-state index contributed by atoms with van der Waals surface area (Å²) in [6, 6.07) is 10.2. The third kappa shape index (κ3) is 3.37. The van der Waals surface area contributed by atoms with E-state index < -0.39 is 11.6 Å². The van der Waals surface area contributed by atoms with Gasteiger partial charge in [0.15, 0.2) is 0 Å². The molecule has 2 fully saturated rings. The third-order valence-corrected chi connectivity index (χ3v) is 5.46. The number of nitrogens with zero attached hydrogens (tertiary/aromatic N) is 1. The van der Waals surface area contributed by atoms with Gasteiger partial charge in [-0.25, -0.2) is 0 Å². The number of hydrogen-bond donors (Lipinski definition) is 0. The molecule has 2 aliphatic heterocycles. The van der Waals surface area contributed by atoms with Gasteiger partial charge in [-0.2, -0.15) is 0 Å². The van der Waals surface area contributed by atoms with Crippen LogP contribution in [0, 0.1) is 5.92 Å². The molecule has 1 aromatic rings. The van der Waals surface area contributed by atoms with Gasteiger partial charge in [0.2, 0.25) is 11.6 Å². The largest absolute Gasteiger partial charge is 0.349 e. The second-order valence-electron chi connectivity index (χ2n) is 7.02. The molecule has 0 aromatic heterocycles. The minimum absolute atomic E-state index is 0.263. The highest BCUT2D eigenvalue weighted by Crippen LogP contribution is 2.42. The van der Waals surface area contributed by atoms with Crippen molar-refractivity contribution in [2.24, 2.45) is 5.92 Å². The lowest BCUT2D eigenvalue weighted by molar-refractivity contribution is -0.455. The van der Waals surface area contributed by atoms with Gasteiger partial charge in [0, 0.05) is 33.9 Å². The Labute approximate surface area is 149 Å². The van der Waals surface area contributed by atoms with Crippen LogP contribution in [0.5, 0.6) is 0 Å². The van der Waals surface area contributed by atoms with Crippen LogP contribution in [0.15, 0.2) is 30.3 Å². The number of likely N-dealkylation sites (tertiary alicyclic amines) is 1. The van der Waals surface area contributed by atoms with E-state index in [1.54, 1.807) is 28.1 Å². The predicted octanol–water partition coefficient (Wildman–Crippen LogP) is 1.83. The smallest absolute Gasteiger partial charge is 0.220 e. The van der Waals surface area contributed by atoms with Crippen LogP contribution < -0.4 is 0 Å². The van der Waals surface area contributed by atoms with Crippen LogP contribution in [-0.2, 0) is 30.3 Å². The maximum atomic E-state index is 11.7. The van der Waals surface area contributed by atoms with E-state index in [4.69, 9.17) is 18.9 Å². The van der Waals surface area contributed by atoms with Gasteiger partial charge in [-0.1, -0.05) is 30.3 Å². The summed E-state index contributed by atoms with van der Waals surface area (Å²) in [5.41, 5.74) is 1.21. The molecule has 0 bridgehead atoms. The fraction of sp³-hybridized carbons (Fsp3) is 0.632. The van der Waals surface area contributed by atoms with E-state index in [9.17, 15) is 4.79 Å². The van der Waals surface area contributed by atoms with Crippen LogP contribution in [-0.4, -0.2) is 62.3 Å². The lowest BCUT2D eigenvalue weighted by Gasteiger charge is -2.55. The first-order valence-electron chi connectivity index (χ1n) is 8.62. The Kier molecular flexibility index (Phi) is 5.27. The van der Waals surface area contributed by atoms with Crippen molar-refractivity contribution in [3.05, 3.63) is 35.9 Å². The standard InChI is InChI=1S/C19H27NO5/c1-18(22-3)19(2,23-4)25-17-15(13-21)11-20(12-16(17)24-18)10-14-8-6-5-7-9-14/h5-9,13,15-17H,10-12H2,1-4H3. The summed E-state index contributed by atoms with van der Waals surface area (Å²) in [4.78, 5) is 13.9. The van der Waals surface area contributed by atoms with Gasteiger partial charge in [0.1, 0.15) is 12.4 Å². The first-order chi connectivity index (χ1) is 11.9. The predicted molar refractivity (Wildman–Crippen MR) is 91.8 cm³/mol. The Bertz CT molecular complexity index is 597. The second kappa shape index (κ2) is 7.13. The Morgan fingerprint density at radius 1 is 1.12 bits per heavy atom. The summed E-state index contributed by atoms with van der Waals surface area (Å²) in [6.07, 6.45) is 0.350. The minimum atomic E-state index is -1.08. The molecule has 3 rings (SSSR count). The molecule has 6 nitrogen and oxygen atoms in total. The number of ether oxygens (including phenoxy) is 4. The lowest BCUT2D eigenvalue weighted by atomic mass is 9.90. The quantitative estimate of drug-likeness (QED) is 0.756. The van der Waals surface area contributed by atoms with E-state index in [1.807, 2.05) is 18.2 Å². The molecule has 25 heavy (non-hydrogen) atoms. The number of benzene rings is 1. The number of piperidine rings is 1. The number of aldehydes is 1. The van der Waals surface area contributed by atoms with Crippen molar-refractivity contribution in [2.45, 2.75) is 44.2 Å². The number of fused-ring (bicyclic) bond motifs is 1. The summed E-state index contributed by atoms with van der Waals surface area (Å²) >= 11 is 0. The molecule has 1 aromatic carbocycles. The molecule has 0 aliphatic carbocycles. The van der Waals surface area contributed by atoms with Gasteiger partial charge in [0.05, 0.1) is 12.0 Å². The van der Waals surface area contributed by atoms with E-state index in [-0.39, 0.29) is 18.1 Å². The van der Waals surface area contributed by atoms with Crippen LogP contribution in [0.4, 0.5) is 0 Å². The molecular formula is C19H27NO5. The highest BCUT2D eigenvalue weighted by molar-refractivity contribution is 5.55. The normalized spacial score (nSPS) is 39.0. The summed E-state index contributed by atoms with van der Waals surface area (Å²) < 4.78 is 23.6. The molecule has 0 N–H and O–H groups in total. The van der Waals surface area contributed by atoms with E-state index in [1.165, 1.54) is 5.56 Å². The van der Waals surface area contributed by atoms with Gasteiger partial charge >= 0.3 is 0 Å². The Morgan fingerprint density at radius 2 is 1.76 bits per heavy atom. The topological polar surface area (TPSA) is 57.2 Å². The molecular weight excluding hydrogens is 322 g/mol. The number of methoxy groups -OCH3 is 2. The highest BCUT2D eigenvalue weighted by atomic mass is 16.8. The third-order valence-electron chi connectivity index (χ3n) is 5.46. The molecule has 2 heterocycles. The molecule has 5 atom stereocenters. The molecule has 0 radical (unpaired) electrons. The number of carbonyl (C=O) groups is 1. The van der Waals surface area contributed by atoms with Crippen LogP contribution >= 0.6 is 0 Å². The molecule has 2 aliphatic rings. The Morgan fingerprint density at radius 3 is 2.36 bits per heavy atom. The van der Waals surface area contributed by atoms with Crippen molar-refractivity contribution in [3.8, 4) is 0 Å². The van der Waals surface area contributed by atoms with Crippen molar-refractivity contribution in [1.29, 1.82) is 0 Å². The van der Waals surface area contributed by atoms with E-state index in [2.05, 4.69) is 17.0 Å². The second-order valence-corrected chi connectivity index (χ2v) is 7.02. The van der Waals surface area contributed by atoms with Gasteiger partial charge in [0.25, 0.3) is 0 Å². The molecule has 0 spiro atoms. The van der Waals surface area contributed by atoms with Crippen molar-refractivity contribution < 1.29 is 23.7 Å². The molecule has 5 unspecified atom stereocenters. The average Bonchev–Trinajstić information content (AvgIpc) is 2.63. The summed E-state index contributed by atoms with van der Waals surface area (Å²) in [6.45, 7) is 5.65. The van der Waals surface area contributed by atoms with Crippen LogP contribution in [0.25, 0.3) is 0 Å². The van der Waals surface area contributed by atoms with E-state index in [0.717, 1.165) is 12.8 Å². The number of carbonyl (C=O) groups excluding carboxylic acids is 1. The molecule has 0 saturated carbocycles. The summed E-state index contributed by atoms with van der Waals surface area (Å²) in [5, 5.41) is 0. The van der Waals surface area contributed by atoms with E-state index >= 15 is 0 Å². The van der Waals surface area contributed by atoms with Crippen LogP contribution in [0.3, 0.4) is 0 Å². The molecule has 0 amide bonds. The van der Waals surface area contributed by atoms with Crippen LogP contribution in [0.1, 0.15) is 19.4 Å². The van der Waals surface area contributed by atoms with Crippen molar-refractivity contribution in [3.63, 3.8) is 0 Å². The Hall–Kier alpha value is -1.31. The minimum Gasteiger partial charge on any atom is -0.349 e. The zero-order chi connectivity index (χ0) is 18.1. The summed E-state index contributed by atoms with van der Waals surface area (Å²) in [5.74, 6) is -2.41. The SMILES string of the molecule is COC1(C)OC2CN(Cc3ccccc3)CC(C=O)C2OC1(C)OC. The monoisotopic (exact) mass is 349 g/mol. The van der Waals surface area contributed by atoms with Crippen molar-refractivity contribution in [2.75, 3.05) is 27.3 Å². The molecule has 2 saturated heterocycles. The Balaban J connectivity index is 1.80. The first kappa shape index (κ1) is 18.5. The van der Waals surface area contributed by atoms with E-state index in [0.29, 0.717) is 13.1 Å². The van der Waals surface area contributed by atoms with Gasteiger partial charge in [-0.15, -0.1) is 0 Å². The molecule has 6 heteroatoms. The molecule has 138 valence electrons. The maximum absolute atomic E-state index is 11.7. The van der Waals surface area contributed by atoms with Crippen molar-refractivity contribution in [1.82, 2.24) is 4.90 Å².